The van der Waals surface area contributed by atoms with Gasteiger partial charge in [-0.05, 0) is 24.3 Å². The predicted molar refractivity (Wildman–Crippen MR) is 53.2 cm³/mol. The zero-order valence-electron chi connectivity index (χ0n) is 6.65. The van der Waals surface area contributed by atoms with E-state index in [1.165, 1.54) is 0 Å². The third-order valence-corrected chi connectivity index (χ3v) is 3.16. The van der Waals surface area contributed by atoms with Crippen molar-refractivity contribution in [3.05, 3.63) is 24.3 Å². The third-order valence-electron chi connectivity index (χ3n) is 1.42. The van der Waals surface area contributed by atoms with Gasteiger partial charge in [0.2, 0.25) is 0 Å². The van der Waals surface area contributed by atoms with Crippen LogP contribution in [-0.4, -0.2) is 77.3 Å². The molecule has 1 rings (SSSR count). The normalized spacial score (nSPS) is 11.9. The molecule has 2 N–H and O–H groups in total. The number of rotatable bonds is 2. The van der Waals surface area contributed by atoms with Gasteiger partial charge in [-0.25, -0.2) is 0 Å². The molecule has 0 saturated carbocycles. The van der Waals surface area contributed by atoms with Gasteiger partial charge in [-0.3, -0.25) is 9.11 Å². The molecule has 15 heavy (non-hydrogen) atoms. The van der Waals surface area contributed by atoms with Gasteiger partial charge < -0.3 is 0 Å². The monoisotopic (exact) mass is 278 g/mol. The van der Waals surface area contributed by atoms with Gasteiger partial charge in [0.15, 0.2) is 0 Å². The van der Waals surface area contributed by atoms with Crippen LogP contribution < -0.4 is 0 Å². The summed E-state index contributed by atoms with van der Waals surface area (Å²) in [6, 6.07) is 3.49. The molecule has 1 aromatic rings. The number of hydrogen-bond acceptors (Lipinski definition) is 4. The van der Waals surface area contributed by atoms with Gasteiger partial charge in [0.1, 0.15) is 0 Å². The maximum atomic E-state index is 10.5. The van der Waals surface area contributed by atoms with E-state index in [0.29, 0.717) is 0 Å². The Morgan fingerprint density at radius 3 is 1.07 bits per heavy atom. The molecule has 0 aliphatic heterocycles. The molecular weight excluding hydrogens is 271 g/mol. The third kappa shape index (κ3) is 4.59. The average Bonchev–Trinajstić information content (AvgIpc) is 2.01. The Bertz CT molecular complexity index is 478. The first-order valence-corrected chi connectivity index (χ1v) is 6.14. The van der Waals surface area contributed by atoms with Crippen molar-refractivity contribution < 1.29 is 25.9 Å². The molecule has 0 heterocycles. The summed E-state index contributed by atoms with van der Waals surface area (Å²) in [6.45, 7) is 0. The molecule has 80 valence electrons. The van der Waals surface area contributed by atoms with E-state index in [2.05, 4.69) is 0 Å². The van der Waals surface area contributed by atoms with Gasteiger partial charge in [-0.2, -0.15) is 16.8 Å². The summed E-state index contributed by atoms with van der Waals surface area (Å²) in [4.78, 5) is -0.880. The van der Waals surface area contributed by atoms with Gasteiger partial charge in [0.05, 0.1) is 9.79 Å². The summed E-state index contributed by atoms with van der Waals surface area (Å²) in [5, 5.41) is 0. The van der Waals surface area contributed by atoms with Crippen molar-refractivity contribution in [3.63, 3.8) is 0 Å². The molecule has 0 aliphatic carbocycles. The Balaban J connectivity index is 0.00000196. The first-order chi connectivity index (χ1) is 6.21. The van der Waals surface area contributed by atoms with Crippen LogP contribution in [0.15, 0.2) is 34.1 Å². The van der Waals surface area contributed by atoms with E-state index >= 15 is 0 Å². The van der Waals surface area contributed by atoms with E-state index < -0.39 is 30.0 Å². The van der Waals surface area contributed by atoms with Gasteiger partial charge >= 0.3 is 51.4 Å². The van der Waals surface area contributed by atoms with Crippen LogP contribution in [0.2, 0.25) is 0 Å². The van der Waals surface area contributed by atoms with Gasteiger partial charge in [-0.1, -0.05) is 0 Å². The Hall–Kier alpha value is 0.676. The molecule has 0 fully saturated rings. The molecule has 0 saturated heterocycles. The quantitative estimate of drug-likeness (QED) is 0.559. The zero-order chi connectivity index (χ0) is 11.0. The molecule has 0 bridgehead atoms. The zero-order valence-corrected chi connectivity index (χ0v) is 8.29. The van der Waals surface area contributed by atoms with Crippen molar-refractivity contribution in [1.82, 2.24) is 0 Å². The van der Waals surface area contributed by atoms with Crippen molar-refractivity contribution in [1.29, 1.82) is 0 Å². The minimum atomic E-state index is -4.34. The van der Waals surface area contributed by atoms with Crippen molar-refractivity contribution in [2.24, 2.45) is 0 Å². The Morgan fingerprint density at radius 1 is 0.733 bits per heavy atom. The van der Waals surface area contributed by atoms with Gasteiger partial charge in [-0.15, -0.1) is 0 Å². The Labute approximate surface area is 130 Å². The van der Waals surface area contributed by atoms with E-state index in [4.69, 9.17) is 9.11 Å². The molecular formula is C6H7KO6S2. The summed E-state index contributed by atoms with van der Waals surface area (Å²) in [5.41, 5.74) is 0. The van der Waals surface area contributed by atoms with Crippen LogP contribution in [0, 0.1) is 0 Å². The molecule has 0 unspecified atom stereocenters. The van der Waals surface area contributed by atoms with Crippen LogP contribution in [0.5, 0.6) is 0 Å². The molecule has 0 aromatic heterocycles. The summed E-state index contributed by atoms with van der Waals surface area (Å²) < 4.78 is 59.2. The average molecular weight is 278 g/mol. The first kappa shape index (κ1) is 15.7. The second-order valence-corrected chi connectivity index (χ2v) is 5.26. The topological polar surface area (TPSA) is 109 Å². The first-order valence-electron chi connectivity index (χ1n) is 3.26. The van der Waals surface area contributed by atoms with Crippen LogP contribution in [0.25, 0.3) is 0 Å². The van der Waals surface area contributed by atoms with E-state index in [0.717, 1.165) is 24.3 Å². The van der Waals surface area contributed by atoms with Crippen molar-refractivity contribution in [3.8, 4) is 0 Å². The van der Waals surface area contributed by atoms with Crippen molar-refractivity contribution in [2.45, 2.75) is 9.79 Å². The van der Waals surface area contributed by atoms with Crippen LogP contribution in [0.3, 0.4) is 0 Å². The van der Waals surface area contributed by atoms with Crippen LogP contribution in [0.1, 0.15) is 0 Å². The fourth-order valence-corrected chi connectivity index (χ4v) is 1.74. The molecule has 9 heteroatoms. The van der Waals surface area contributed by atoms with E-state index in [1.807, 2.05) is 0 Å². The summed E-state index contributed by atoms with van der Waals surface area (Å²) in [5.74, 6) is 0. The molecule has 0 amide bonds. The number of benzene rings is 1. The predicted octanol–water partition coefficient (Wildman–Crippen LogP) is -0.468. The number of hydrogen-bond donors (Lipinski definition) is 2. The molecule has 0 atom stereocenters. The molecule has 0 spiro atoms. The molecule has 0 aliphatic rings. The maximum absolute atomic E-state index is 10.5. The molecule has 6 nitrogen and oxygen atoms in total. The second kappa shape index (κ2) is 5.34. The van der Waals surface area contributed by atoms with Crippen molar-refractivity contribution >= 4 is 71.6 Å². The van der Waals surface area contributed by atoms with Crippen LogP contribution >= 0.6 is 0 Å². The minimum absolute atomic E-state index is 0. The SMILES string of the molecule is O=S(=O)(O)c1ccc(S(=O)(=O)O)cc1.[KH]. The second-order valence-electron chi connectivity index (χ2n) is 2.42. The summed E-state index contributed by atoms with van der Waals surface area (Å²) in [7, 11) is -8.68. The fraction of sp³-hybridized carbons (Fsp3) is 0. The summed E-state index contributed by atoms with van der Waals surface area (Å²) >= 11 is 0. The summed E-state index contributed by atoms with van der Waals surface area (Å²) in [6.07, 6.45) is 0. The van der Waals surface area contributed by atoms with Crippen LogP contribution in [-0.2, 0) is 20.2 Å². The Morgan fingerprint density at radius 2 is 0.933 bits per heavy atom. The van der Waals surface area contributed by atoms with Gasteiger partial charge in [0, 0.05) is 0 Å². The van der Waals surface area contributed by atoms with Crippen LogP contribution in [0.4, 0.5) is 0 Å². The van der Waals surface area contributed by atoms with E-state index in [-0.39, 0.29) is 51.4 Å². The van der Waals surface area contributed by atoms with Crippen molar-refractivity contribution in [2.75, 3.05) is 0 Å². The van der Waals surface area contributed by atoms with Gasteiger partial charge in [0.25, 0.3) is 20.2 Å². The van der Waals surface area contributed by atoms with E-state index in [9.17, 15) is 16.8 Å². The molecule has 1 aromatic carbocycles. The van der Waals surface area contributed by atoms with E-state index in [1.54, 1.807) is 0 Å². The fourth-order valence-electron chi connectivity index (χ4n) is 0.784. The molecule has 0 radical (unpaired) electrons. The Kier molecular flexibility index (Phi) is 5.58. The standard InChI is InChI=1S/C6H6O6S2.K.H/c7-13(8,9)5-1-2-6(4-3-5)14(10,11)12;;/h1-4H,(H,7,8,9)(H,10,11,12);;.